The van der Waals surface area contributed by atoms with Gasteiger partial charge in [0.2, 0.25) is 0 Å². The lowest BCUT2D eigenvalue weighted by Gasteiger charge is -2.27. The van der Waals surface area contributed by atoms with E-state index in [2.05, 4.69) is 11.9 Å². The van der Waals surface area contributed by atoms with Gasteiger partial charge in [-0.1, -0.05) is 24.3 Å². The molecule has 0 amide bonds. The predicted octanol–water partition coefficient (Wildman–Crippen LogP) is 2.31. The van der Waals surface area contributed by atoms with Crippen LogP contribution in [0.2, 0.25) is 0 Å². The summed E-state index contributed by atoms with van der Waals surface area (Å²) in [5.41, 5.74) is 2.05. The van der Waals surface area contributed by atoms with Crippen LogP contribution in [-0.4, -0.2) is 42.3 Å². The third kappa shape index (κ3) is 4.94. The van der Waals surface area contributed by atoms with Crippen LogP contribution in [0.5, 0.6) is 0 Å². The first kappa shape index (κ1) is 15.0. The Kier molecular flexibility index (Phi) is 5.56. The highest BCUT2D eigenvalue weighted by Gasteiger charge is 2.15. The Balaban J connectivity index is 1.81. The minimum absolute atomic E-state index is 0.0893. The van der Waals surface area contributed by atoms with Gasteiger partial charge in [0.15, 0.2) is 0 Å². The van der Waals surface area contributed by atoms with Crippen LogP contribution in [-0.2, 0) is 22.5 Å². The summed E-state index contributed by atoms with van der Waals surface area (Å²) in [7, 11) is 2.10. The predicted molar refractivity (Wildman–Crippen MR) is 77.7 cm³/mol. The number of aliphatic carboxylic acids is 1. The van der Waals surface area contributed by atoms with E-state index in [1.54, 1.807) is 0 Å². The molecule has 1 heterocycles. The summed E-state index contributed by atoms with van der Waals surface area (Å²) in [6.07, 6.45) is 4.06. The molecule has 110 valence electrons. The smallest absolute Gasteiger partial charge is 0.307 e. The Morgan fingerprint density at radius 3 is 2.60 bits per heavy atom. The van der Waals surface area contributed by atoms with Gasteiger partial charge in [-0.25, -0.2) is 0 Å². The molecule has 2 rings (SSSR count). The third-order valence-electron chi connectivity index (χ3n) is 3.62. The second kappa shape index (κ2) is 7.41. The van der Waals surface area contributed by atoms with E-state index in [0.29, 0.717) is 6.10 Å². The summed E-state index contributed by atoms with van der Waals surface area (Å²) >= 11 is 0. The second-order valence-corrected chi connectivity index (χ2v) is 5.57. The Morgan fingerprint density at radius 1 is 1.30 bits per heavy atom. The summed E-state index contributed by atoms with van der Waals surface area (Å²) in [4.78, 5) is 12.9. The highest BCUT2D eigenvalue weighted by atomic mass is 16.5. The molecule has 1 aliphatic heterocycles. The van der Waals surface area contributed by atoms with Gasteiger partial charge in [-0.05, 0) is 37.4 Å². The molecule has 1 saturated heterocycles. The van der Waals surface area contributed by atoms with Crippen molar-refractivity contribution in [3.05, 3.63) is 35.4 Å². The zero-order valence-corrected chi connectivity index (χ0v) is 12.0. The Bertz CT molecular complexity index is 424. The molecule has 1 aromatic rings. The van der Waals surface area contributed by atoms with Crippen LogP contribution < -0.4 is 0 Å². The van der Waals surface area contributed by atoms with E-state index in [1.807, 2.05) is 24.3 Å². The zero-order valence-electron chi connectivity index (χ0n) is 12.0. The topological polar surface area (TPSA) is 49.8 Å². The quantitative estimate of drug-likeness (QED) is 0.867. The SMILES string of the molecule is CN(Cc1ccc(CC(=O)O)cc1)CC1CCCCO1. The Morgan fingerprint density at radius 2 is 2.00 bits per heavy atom. The van der Waals surface area contributed by atoms with Crippen molar-refractivity contribution in [2.75, 3.05) is 20.2 Å². The fraction of sp³-hybridized carbons (Fsp3) is 0.562. The van der Waals surface area contributed by atoms with Crippen molar-refractivity contribution >= 4 is 5.97 Å². The summed E-state index contributed by atoms with van der Waals surface area (Å²) in [6, 6.07) is 7.82. The van der Waals surface area contributed by atoms with Crippen LogP contribution in [0.4, 0.5) is 0 Å². The van der Waals surface area contributed by atoms with Crippen molar-refractivity contribution in [2.24, 2.45) is 0 Å². The monoisotopic (exact) mass is 277 g/mol. The molecular weight excluding hydrogens is 254 g/mol. The maximum Gasteiger partial charge on any atom is 0.307 e. The minimum atomic E-state index is -0.788. The van der Waals surface area contributed by atoms with Gasteiger partial charge < -0.3 is 9.84 Å². The van der Waals surface area contributed by atoms with E-state index in [4.69, 9.17) is 9.84 Å². The first-order valence-corrected chi connectivity index (χ1v) is 7.23. The van der Waals surface area contributed by atoms with Gasteiger partial charge in [-0.15, -0.1) is 0 Å². The molecule has 1 N–H and O–H groups in total. The fourth-order valence-corrected chi connectivity index (χ4v) is 2.61. The molecule has 4 heteroatoms. The molecule has 1 aliphatic rings. The Labute approximate surface area is 120 Å². The zero-order chi connectivity index (χ0) is 14.4. The van der Waals surface area contributed by atoms with E-state index in [1.165, 1.54) is 18.4 Å². The van der Waals surface area contributed by atoms with E-state index in [9.17, 15) is 4.79 Å². The molecule has 1 aromatic carbocycles. The Hall–Kier alpha value is -1.39. The van der Waals surface area contributed by atoms with Crippen molar-refractivity contribution in [3.63, 3.8) is 0 Å². The van der Waals surface area contributed by atoms with E-state index >= 15 is 0 Å². The number of ether oxygens (including phenoxy) is 1. The maximum absolute atomic E-state index is 10.6. The van der Waals surface area contributed by atoms with Crippen molar-refractivity contribution < 1.29 is 14.6 Å². The molecule has 4 nitrogen and oxygen atoms in total. The van der Waals surface area contributed by atoms with Gasteiger partial charge in [0, 0.05) is 19.7 Å². The molecule has 0 radical (unpaired) electrons. The van der Waals surface area contributed by atoms with Crippen LogP contribution in [0.15, 0.2) is 24.3 Å². The highest BCUT2D eigenvalue weighted by Crippen LogP contribution is 2.15. The molecular formula is C16H23NO3. The summed E-state index contributed by atoms with van der Waals surface area (Å²) < 4.78 is 5.74. The van der Waals surface area contributed by atoms with E-state index in [-0.39, 0.29) is 6.42 Å². The number of hydrogen-bond donors (Lipinski definition) is 1. The van der Waals surface area contributed by atoms with Crippen LogP contribution >= 0.6 is 0 Å². The molecule has 20 heavy (non-hydrogen) atoms. The lowest BCUT2D eigenvalue weighted by atomic mass is 10.1. The van der Waals surface area contributed by atoms with Gasteiger partial charge in [0.25, 0.3) is 0 Å². The van der Waals surface area contributed by atoms with Crippen LogP contribution in [0, 0.1) is 0 Å². The number of carbonyl (C=O) groups is 1. The second-order valence-electron chi connectivity index (χ2n) is 5.57. The molecule has 1 fully saturated rings. The standard InChI is InChI=1S/C16H23NO3/c1-17(12-15-4-2-3-9-20-15)11-14-7-5-13(6-8-14)10-16(18)19/h5-8,15H,2-4,9-12H2,1H3,(H,18,19). The van der Waals surface area contributed by atoms with Crippen LogP contribution in [0.1, 0.15) is 30.4 Å². The van der Waals surface area contributed by atoms with Crippen LogP contribution in [0.3, 0.4) is 0 Å². The first-order chi connectivity index (χ1) is 9.63. The maximum atomic E-state index is 10.6. The number of nitrogens with zero attached hydrogens (tertiary/aromatic N) is 1. The highest BCUT2D eigenvalue weighted by molar-refractivity contribution is 5.70. The normalized spacial score (nSPS) is 19.2. The molecule has 1 atom stereocenters. The first-order valence-electron chi connectivity index (χ1n) is 7.23. The lowest BCUT2D eigenvalue weighted by molar-refractivity contribution is -0.136. The number of likely N-dealkylation sites (N-methyl/N-ethyl adjacent to an activating group) is 1. The van der Waals surface area contributed by atoms with E-state index in [0.717, 1.165) is 31.7 Å². The molecule has 0 aliphatic carbocycles. The van der Waals surface area contributed by atoms with Gasteiger partial charge in [-0.3, -0.25) is 9.69 Å². The average molecular weight is 277 g/mol. The summed E-state index contributed by atoms with van der Waals surface area (Å²) in [5.74, 6) is -0.788. The van der Waals surface area contributed by atoms with Gasteiger partial charge in [-0.2, -0.15) is 0 Å². The largest absolute Gasteiger partial charge is 0.481 e. The van der Waals surface area contributed by atoms with Crippen molar-refractivity contribution in [3.8, 4) is 0 Å². The summed E-state index contributed by atoms with van der Waals surface area (Å²) in [5, 5.41) is 8.74. The summed E-state index contributed by atoms with van der Waals surface area (Å²) in [6.45, 7) is 2.71. The van der Waals surface area contributed by atoms with Crippen LogP contribution in [0.25, 0.3) is 0 Å². The molecule has 0 aromatic heterocycles. The molecule has 0 bridgehead atoms. The van der Waals surface area contributed by atoms with Gasteiger partial charge in [0.05, 0.1) is 12.5 Å². The third-order valence-corrected chi connectivity index (χ3v) is 3.62. The fourth-order valence-electron chi connectivity index (χ4n) is 2.61. The minimum Gasteiger partial charge on any atom is -0.481 e. The van der Waals surface area contributed by atoms with Crippen molar-refractivity contribution in [1.29, 1.82) is 0 Å². The van der Waals surface area contributed by atoms with Gasteiger partial charge in [0.1, 0.15) is 0 Å². The van der Waals surface area contributed by atoms with Crippen molar-refractivity contribution in [2.45, 2.75) is 38.3 Å². The number of carboxylic acid groups (broad SMARTS) is 1. The van der Waals surface area contributed by atoms with Crippen molar-refractivity contribution in [1.82, 2.24) is 4.90 Å². The number of hydrogen-bond acceptors (Lipinski definition) is 3. The van der Waals surface area contributed by atoms with E-state index < -0.39 is 5.97 Å². The molecule has 0 spiro atoms. The molecule has 1 unspecified atom stereocenters. The number of rotatable bonds is 6. The van der Waals surface area contributed by atoms with Gasteiger partial charge >= 0.3 is 5.97 Å². The lowest BCUT2D eigenvalue weighted by Crippen LogP contribution is -2.33. The number of benzene rings is 1. The number of carboxylic acids is 1. The average Bonchev–Trinajstić information content (AvgIpc) is 2.41. The molecule has 0 saturated carbocycles.